The van der Waals surface area contributed by atoms with E-state index in [-0.39, 0.29) is 0 Å². The lowest BCUT2D eigenvalue weighted by atomic mass is 10.1. The van der Waals surface area contributed by atoms with Crippen molar-refractivity contribution in [1.29, 1.82) is 0 Å². The monoisotopic (exact) mass is 241 g/mol. The summed E-state index contributed by atoms with van der Waals surface area (Å²) in [5, 5.41) is 0. The number of ether oxygens (including phenoxy) is 2. The van der Waals surface area contributed by atoms with E-state index in [0.717, 1.165) is 22.6 Å². The van der Waals surface area contributed by atoms with Gasteiger partial charge in [-0.1, -0.05) is 18.2 Å². The molecular formula is C16H17O2. The Morgan fingerprint density at radius 2 is 1.56 bits per heavy atom. The van der Waals surface area contributed by atoms with Crippen molar-refractivity contribution in [2.75, 3.05) is 13.2 Å². The largest absolute Gasteiger partial charge is 0.494 e. The van der Waals surface area contributed by atoms with Crippen LogP contribution in [0.3, 0.4) is 0 Å². The molecule has 0 aliphatic rings. The summed E-state index contributed by atoms with van der Waals surface area (Å²) in [4.78, 5) is 0. The minimum absolute atomic E-state index is 0.673. The molecule has 0 bridgehead atoms. The van der Waals surface area contributed by atoms with Gasteiger partial charge in [0.1, 0.15) is 11.5 Å². The third-order valence-electron chi connectivity index (χ3n) is 2.56. The van der Waals surface area contributed by atoms with Gasteiger partial charge in [0, 0.05) is 0 Å². The lowest BCUT2D eigenvalue weighted by Gasteiger charge is -2.07. The Kier molecular flexibility index (Phi) is 4.24. The van der Waals surface area contributed by atoms with Crippen LogP contribution in [0.5, 0.6) is 11.5 Å². The highest BCUT2D eigenvalue weighted by molar-refractivity contribution is 5.65. The van der Waals surface area contributed by atoms with Crippen molar-refractivity contribution >= 4 is 0 Å². The zero-order chi connectivity index (χ0) is 12.8. The summed E-state index contributed by atoms with van der Waals surface area (Å²) in [6, 6.07) is 17.0. The van der Waals surface area contributed by atoms with E-state index in [0.29, 0.717) is 13.2 Å². The van der Waals surface area contributed by atoms with Crippen LogP contribution in [0.4, 0.5) is 0 Å². The molecule has 2 aromatic rings. The molecule has 2 heteroatoms. The summed E-state index contributed by atoms with van der Waals surface area (Å²) in [5.74, 6) is 1.77. The van der Waals surface area contributed by atoms with Crippen LogP contribution in [0.2, 0.25) is 0 Å². The average Bonchev–Trinajstić information content (AvgIpc) is 2.41. The maximum Gasteiger partial charge on any atom is 0.119 e. The first-order chi connectivity index (χ1) is 8.83. The van der Waals surface area contributed by atoms with Gasteiger partial charge in [-0.15, -0.1) is 0 Å². The van der Waals surface area contributed by atoms with Gasteiger partial charge in [0.25, 0.3) is 0 Å². The lowest BCUT2D eigenvalue weighted by Crippen LogP contribution is -1.92. The predicted molar refractivity (Wildman–Crippen MR) is 73.1 cm³/mol. The fourth-order valence-corrected chi connectivity index (χ4v) is 1.77. The van der Waals surface area contributed by atoms with Crippen molar-refractivity contribution in [3.05, 3.63) is 48.5 Å². The Morgan fingerprint density at radius 3 is 2.22 bits per heavy atom. The van der Waals surface area contributed by atoms with Crippen molar-refractivity contribution in [3.8, 4) is 22.6 Å². The van der Waals surface area contributed by atoms with Gasteiger partial charge in [0.15, 0.2) is 0 Å². The van der Waals surface area contributed by atoms with E-state index in [4.69, 9.17) is 9.47 Å². The number of rotatable bonds is 5. The SMILES string of the molecule is CCOc1ccc(-c2[c]ccc(OCC)c2)cc1. The van der Waals surface area contributed by atoms with Crippen LogP contribution in [0, 0.1) is 6.07 Å². The first kappa shape index (κ1) is 12.5. The Hall–Kier alpha value is -1.96. The third kappa shape index (κ3) is 3.04. The minimum Gasteiger partial charge on any atom is -0.494 e. The highest BCUT2D eigenvalue weighted by Gasteiger charge is 2.01. The second-order valence-electron chi connectivity index (χ2n) is 3.83. The van der Waals surface area contributed by atoms with Crippen LogP contribution < -0.4 is 9.47 Å². The molecular weight excluding hydrogens is 224 g/mol. The van der Waals surface area contributed by atoms with Gasteiger partial charge in [0.2, 0.25) is 0 Å². The van der Waals surface area contributed by atoms with E-state index >= 15 is 0 Å². The highest BCUT2D eigenvalue weighted by atomic mass is 16.5. The molecule has 0 N–H and O–H groups in total. The van der Waals surface area contributed by atoms with Crippen molar-refractivity contribution in [3.63, 3.8) is 0 Å². The zero-order valence-electron chi connectivity index (χ0n) is 10.8. The van der Waals surface area contributed by atoms with Crippen LogP contribution >= 0.6 is 0 Å². The molecule has 0 aliphatic heterocycles. The molecule has 0 unspecified atom stereocenters. The number of benzene rings is 2. The van der Waals surface area contributed by atoms with Crippen molar-refractivity contribution in [2.45, 2.75) is 13.8 Å². The number of hydrogen-bond donors (Lipinski definition) is 0. The van der Waals surface area contributed by atoms with E-state index in [2.05, 4.69) is 6.07 Å². The average molecular weight is 241 g/mol. The van der Waals surface area contributed by atoms with E-state index in [1.165, 1.54) is 0 Å². The summed E-state index contributed by atoms with van der Waals surface area (Å²) < 4.78 is 10.9. The summed E-state index contributed by atoms with van der Waals surface area (Å²) in [6.07, 6.45) is 0. The lowest BCUT2D eigenvalue weighted by molar-refractivity contribution is 0.340. The quantitative estimate of drug-likeness (QED) is 0.789. The van der Waals surface area contributed by atoms with Gasteiger partial charge in [-0.3, -0.25) is 0 Å². The van der Waals surface area contributed by atoms with Crippen molar-refractivity contribution in [1.82, 2.24) is 0 Å². The normalized spacial score (nSPS) is 10.1. The Morgan fingerprint density at radius 1 is 0.889 bits per heavy atom. The molecule has 2 nitrogen and oxygen atoms in total. The van der Waals surface area contributed by atoms with E-state index < -0.39 is 0 Å². The first-order valence-electron chi connectivity index (χ1n) is 6.21. The fraction of sp³-hybridized carbons (Fsp3) is 0.250. The minimum atomic E-state index is 0.673. The molecule has 1 radical (unpaired) electrons. The van der Waals surface area contributed by atoms with Crippen LogP contribution in [0.1, 0.15) is 13.8 Å². The topological polar surface area (TPSA) is 18.5 Å². The maximum atomic E-state index is 5.49. The van der Waals surface area contributed by atoms with Gasteiger partial charge in [-0.2, -0.15) is 0 Å². The summed E-state index contributed by atoms with van der Waals surface area (Å²) >= 11 is 0. The van der Waals surface area contributed by atoms with Gasteiger partial charge < -0.3 is 9.47 Å². The van der Waals surface area contributed by atoms with Gasteiger partial charge in [-0.05, 0) is 55.3 Å². The smallest absolute Gasteiger partial charge is 0.119 e. The second kappa shape index (κ2) is 6.10. The first-order valence-corrected chi connectivity index (χ1v) is 6.21. The maximum absolute atomic E-state index is 5.49. The molecule has 0 amide bonds. The van der Waals surface area contributed by atoms with Crippen molar-refractivity contribution < 1.29 is 9.47 Å². The van der Waals surface area contributed by atoms with Gasteiger partial charge >= 0.3 is 0 Å². The van der Waals surface area contributed by atoms with Gasteiger partial charge in [0.05, 0.1) is 13.2 Å². The Labute approximate surface area is 108 Å². The molecule has 0 aromatic heterocycles. The molecule has 2 aromatic carbocycles. The molecule has 0 fully saturated rings. The zero-order valence-corrected chi connectivity index (χ0v) is 10.8. The van der Waals surface area contributed by atoms with Crippen LogP contribution in [-0.4, -0.2) is 13.2 Å². The highest BCUT2D eigenvalue weighted by Crippen LogP contribution is 2.25. The summed E-state index contributed by atoms with van der Waals surface area (Å²) in [5.41, 5.74) is 2.14. The second-order valence-corrected chi connectivity index (χ2v) is 3.83. The van der Waals surface area contributed by atoms with E-state index in [1.807, 2.05) is 56.3 Å². The summed E-state index contributed by atoms with van der Waals surface area (Å²) in [7, 11) is 0. The fourth-order valence-electron chi connectivity index (χ4n) is 1.77. The molecule has 0 heterocycles. The molecule has 18 heavy (non-hydrogen) atoms. The van der Waals surface area contributed by atoms with E-state index in [1.54, 1.807) is 0 Å². The van der Waals surface area contributed by atoms with E-state index in [9.17, 15) is 0 Å². The standard InChI is InChI=1S/C16H17O2/c1-3-17-15-10-8-13(9-11-15)14-6-5-7-16(12-14)18-4-2/h5,7-12H,3-4H2,1-2H3. The number of hydrogen-bond acceptors (Lipinski definition) is 2. The predicted octanol–water partition coefficient (Wildman–Crippen LogP) is 3.95. The molecule has 0 atom stereocenters. The molecule has 2 rings (SSSR count). The summed E-state index contributed by atoms with van der Waals surface area (Å²) in [6.45, 7) is 5.32. The van der Waals surface area contributed by atoms with Crippen LogP contribution in [0.15, 0.2) is 42.5 Å². The van der Waals surface area contributed by atoms with Crippen molar-refractivity contribution in [2.24, 2.45) is 0 Å². The van der Waals surface area contributed by atoms with Crippen LogP contribution in [-0.2, 0) is 0 Å². The molecule has 0 spiro atoms. The Balaban J connectivity index is 2.22. The molecule has 0 aliphatic carbocycles. The third-order valence-corrected chi connectivity index (χ3v) is 2.56. The van der Waals surface area contributed by atoms with Crippen LogP contribution in [0.25, 0.3) is 11.1 Å². The molecule has 0 saturated heterocycles. The Bertz CT molecular complexity index is 489. The van der Waals surface area contributed by atoms with Gasteiger partial charge in [-0.25, -0.2) is 0 Å². The molecule has 93 valence electrons. The molecule has 0 saturated carbocycles.